The molecule has 104 valence electrons. The van der Waals surface area contributed by atoms with Crippen molar-refractivity contribution < 1.29 is 9.90 Å². The minimum Gasteiger partial charge on any atom is -0.508 e. The predicted molar refractivity (Wildman–Crippen MR) is 82.5 cm³/mol. The van der Waals surface area contributed by atoms with Gasteiger partial charge in [0.2, 0.25) is 0 Å². The highest BCUT2D eigenvalue weighted by Gasteiger charge is 2.12. The van der Waals surface area contributed by atoms with E-state index in [1.54, 1.807) is 37.4 Å². The number of para-hydroxylation sites is 1. The van der Waals surface area contributed by atoms with Gasteiger partial charge < -0.3 is 10.4 Å². The molecule has 21 heavy (non-hydrogen) atoms. The first kappa shape index (κ1) is 13.1. The number of fused-ring (bicyclic) bond motifs is 1. The van der Waals surface area contributed by atoms with E-state index in [1.165, 1.54) is 0 Å². The number of benzene rings is 2. The molecule has 0 aliphatic heterocycles. The summed E-state index contributed by atoms with van der Waals surface area (Å²) in [7, 11) is 0. The van der Waals surface area contributed by atoms with Crippen LogP contribution < -0.4 is 5.32 Å². The molecule has 2 aromatic carbocycles. The number of phenolic OH excluding ortho intramolecular Hbond substituents is 1. The third-order valence-electron chi connectivity index (χ3n) is 3.43. The van der Waals surface area contributed by atoms with E-state index in [2.05, 4.69) is 10.3 Å². The Balaban J connectivity index is 2.00. The van der Waals surface area contributed by atoms with Gasteiger partial charge in [0.15, 0.2) is 0 Å². The van der Waals surface area contributed by atoms with Gasteiger partial charge in [0.05, 0.1) is 11.1 Å². The number of aromatic nitrogens is 1. The number of nitrogens with zero attached hydrogens (tertiary/aromatic N) is 1. The van der Waals surface area contributed by atoms with Crippen LogP contribution in [0.25, 0.3) is 10.9 Å². The molecule has 0 saturated heterocycles. The molecule has 0 spiro atoms. The number of hydrogen-bond acceptors (Lipinski definition) is 3. The molecule has 0 aliphatic carbocycles. The second kappa shape index (κ2) is 5.25. The average Bonchev–Trinajstić information content (AvgIpc) is 2.51. The molecule has 1 aromatic heterocycles. The van der Waals surface area contributed by atoms with Crippen molar-refractivity contribution in [2.45, 2.75) is 6.92 Å². The monoisotopic (exact) mass is 278 g/mol. The van der Waals surface area contributed by atoms with Crippen molar-refractivity contribution in [3.8, 4) is 5.75 Å². The van der Waals surface area contributed by atoms with Gasteiger partial charge in [-0.15, -0.1) is 0 Å². The number of carbonyl (C=O) groups is 1. The molecule has 0 saturated carbocycles. The van der Waals surface area contributed by atoms with E-state index in [4.69, 9.17) is 0 Å². The summed E-state index contributed by atoms with van der Waals surface area (Å²) in [5.74, 6) is -0.0863. The molecular weight excluding hydrogens is 264 g/mol. The number of phenols is 1. The van der Waals surface area contributed by atoms with E-state index in [9.17, 15) is 9.90 Å². The van der Waals surface area contributed by atoms with Gasteiger partial charge in [-0.3, -0.25) is 9.78 Å². The summed E-state index contributed by atoms with van der Waals surface area (Å²) in [4.78, 5) is 16.7. The minimum atomic E-state index is -0.243. The van der Waals surface area contributed by atoms with E-state index in [0.29, 0.717) is 22.3 Å². The van der Waals surface area contributed by atoms with Crippen molar-refractivity contribution in [1.82, 2.24) is 4.98 Å². The van der Waals surface area contributed by atoms with Crippen LogP contribution in [-0.2, 0) is 0 Å². The molecular formula is C17H14N2O2. The zero-order chi connectivity index (χ0) is 14.8. The summed E-state index contributed by atoms with van der Waals surface area (Å²) < 4.78 is 0. The van der Waals surface area contributed by atoms with Crippen LogP contribution in [0.4, 0.5) is 5.69 Å². The molecule has 4 heteroatoms. The van der Waals surface area contributed by atoms with Crippen LogP contribution in [-0.4, -0.2) is 16.0 Å². The van der Waals surface area contributed by atoms with Gasteiger partial charge >= 0.3 is 0 Å². The molecule has 0 bridgehead atoms. The van der Waals surface area contributed by atoms with Crippen molar-refractivity contribution in [3.05, 3.63) is 65.9 Å². The molecule has 4 nitrogen and oxygen atoms in total. The Kier molecular flexibility index (Phi) is 3.28. The normalized spacial score (nSPS) is 10.5. The van der Waals surface area contributed by atoms with Gasteiger partial charge in [0.1, 0.15) is 5.75 Å². The summed E-state index contributed by atoms with van der Waals surface area (Å²) in [6.07, 6.45) is 1.67. The second-order valence-corrected chi connectivity index (χ2v) is 4.78. The molecule has 0 aliphatic rings. The number of aromatic hydroxyl groups is 1. The number of hydrogen-bond donors (Lipinski definition) is 2. The fourth-order valence-electron chi connectivity index (χ4n) is 2.24. The van der Waals surface area contributed by atoms with Gasteiger partial charge in [-0.2, -0.15) is 0 Å². The Hall–Kier alpha value is -2.88. The van der Waals surface area contributed by atoms with Gasteiger partial charge in [-0.25, -0.2) is 0 Å². The number of nitrogens with one attached hydrogen (secondary N) is 1. The van der Waals surface area contributed by atoms with Gasteiger partial charge in [-0.1, -0.05) is 24.3 Å². The van der Waals surface area contributed by atoms with Crippen LogP contribution in [0.15, 0.2) is 54.7 Å². The summed E-state index contributed by atoms with van der Waals surface area (Å²) in [5, 5.41) is 13.4. The lowest BCUT2D eigenvalue weighted by Gasteiger charge is -2.10. The molecule has 0 atom stereocenters. The Morgan fingerprint density at radius 2 is 1.86 bits per heavy atom. The van der Waals surface area contributed by atoms with Gasteiger partial charge in [0.25, 0.3) is 5.91 Å². The quantitative estimate of drug-likeness (QED) is 0.754. The SMILES string of the molecule is Cc1c(O)cccc1NC(=O)c1cccc2cccnc12. The van der Waals surface area contributed by atoms with Crippen molar-refractivity contribution in [1.29, 1.82) is 0 Å². The second-order valence-electron chi connectivity index (χ2n) is 4.78. The lowest BCUT2D eigenvalue weighted by Crippen LogP contribution is -2.13. The standard InChI is InChI=1S/C17H14N2O2/c1-11-14(8-3-9-15(11)20)19-17(21)13-7-2-5-12-6-4-10-18-16(12)13/h2-10,20H,1H3,(H,19,21). The zero-order valence-electron chi connectivity index (χ0n) is 11.5. The number of amides is 1. The van der Waals surface area contributed by atoms with E-state index in [-0.39, 0.29) is 11.7 Å². The van der Waals surface area contributed by atoms with E-state index < -0.39 is 0 Å². The van der Waals surface area contributed by atoms with Crippen molar-refractivity contribution in [2.75, 3.05) is 5.32 Å². The number of pyridine rings is 1. The van der Waals surface area contributed by atoms with Crippen molar-refractivity contribution in [2.24, 2.45) is 0 Å². The highest BCUT2D eigenvalue weighted by molar-refractivity contribution is 6.12. The van der Waals surface area contributed by atoms with Crippen LogP contribution in [0, 0.1) is 6.92 Å². The Morgan fingerprint density at radius 3 is 2.71 bits per heavy atom. The topological polar surface area (TPSA) is 62.2 Å². The maximum atomic E-state index is 12.5. The van der Waals surface area contributed by atoms with Crippen LogP contribution in [0.5, 0.6) is 5.75 Å². The molecule has 2 N–H and O–H groups in total. The molecule has 1 amide bonds. The molecule has 3 rings (SSSR count). The number of rotatable bonds is 2. The summed E-state index contributed by atoms with van der Waals surface area (Å²) in [5.41, 5.74) is 2.40. The van der Waals surface area contributed by atoms with E-state index in [1.807, 2.05) is 24.3 Å². The van der Waals surface area contributed by atoms with Crippen LogP contribution in [0.3, 0.4) is 0 Å². The first-order chi connectivity index (χ1) is 10.2. The fourth-order valence-corrected chi connectivity index (χ4v) is 2.24. The fraction of sp³-hybridized carbons (Fsp3) is 0.0588. The molecule has 1 heterocycles. The lowest BCUT2D eigenvalue weighted by molar-refractivity contribution is 0.102. The van der Waals surface area contributed by atoms with E-state index in [0.717, 1.165) is 5.39 Å². The van der Waals surface area contributed by atoms with Gasteiger partial charge in [0, 0.05) is 22.8 Å². The number of carbonyl (C=O) groups excluding carboxylic acids is 1. The highest BCUT2D eigenvalue weighted by Crippen LogP contribution is 2.25. The first-order valence-electron chi connectivity index (χ1n) is 6.60. The van der Waals surface area contributed by atoms with Crippen LogP contribution in [0.1, 0.15) is 15.9 Å². The van der Waals surface area contributed by atoms with Crippen molar-refractivity contribution >= 4 is 22.5 Å². The lowest BCUT2D eigenvalue weighted by atomic mass is 10.1. The predicted octanol–water partition coefficient (Wildman–Crippen LogP) is 3.50. The largest absolute Gasteiger partial charge is 0.508 e. The van der Waals surface area contributed by atoms with Crippen LogP contribution >= 0.6 is 0 Å². The summed E-state index contributed by atoms with van der Waals surface area (Å²) >= 11 is 0. The maximum absolute atomic E-state index is 12.5. The average molecular weight is 278 g/mol. The van der Waals surface area contributed by atoms with E-state index >= 15 is 0 Å². The Labute approximate surface area is 122 Å². The maximum Gasteiger partial charge on any atom is 0.257 e. The smallest absolute Gasteiger partial charge is 0.257 e. The number of anilines is 1. The third-order valence-corrected chi connectivity index (χ3v) is 3.43. The Morgan fingerprint density at radius 1 is 1.10 bits per heavy atom. The molecule has 0 radical (unpaired) electrons. The highest BCUT2D eigenvalue weighted by atomic mass is 16.3. The minimum absolute atomic E-state index is 0.156. The molecule has 0 unspecified atom stereocenters. The Bertz CT molecular complexity index is 823. The first-order valence-corrected chi connectivity index (χ1v) is 6.60. The summed E-state index contributed by atoms with van der Waals surface area (Å²) in [6, 6.07) is 14.3. The molecule has 3 aromatic rings. The van der Waals surface area contributed by atoms with Crippen LogP contribution in [0.2, 0.25) is 0 Å². The third kappa shape index (κ3) is 2.43. The molecule has 0 fully saturated rings. The zero-order valence-corrected chi connectivity index (χ0v) is 11.5. The summed E-state index contributed by atoms with van der Waals surface area (Å²) in [6.45, 7) is 1.76. The van der Waals surface area contributed by atoms with Gasteiger partial charge in [-0.05, 0) is 31.2 Å². The van der Waals surface area contributed by atoms with Crippen molar-refractivity contribution in [3.63, 3.8) is 0 Å².